The fourth-order valence-corrected chi connectivity index (χ4v) is 3.08. The van der Waals surface area contributed by atoms with Gasteiger partial charge in [-0.25, -0.2) is 4.98 Å². The molecular formula is C15H17N5O3S. The molecule has 0 bridgehead atoms. The van der Waals surface area contributed by atoms with E-state index in [2.05, 4.69) is 20.2 Å². The summed E-state index contributed by atoms with van der Waals surface area (Å²) in [5.74, 6) is -0.0728. The van der Waals surface area contributed by atoms with Gasteiger partial charge < -0.3 is 20.1 Å². The van der Waals surface area contributed by atoms with Crippen LogP contribution in [0.5, 0.6) is 0 Å². The molecule has 0 saturated carbocycles. The molecule has 24 heavy (non-hydrogen) atoms. The number of aromatic amines is 1. The van der Waals surface area contributed by atoms with Gasteiger partial charge in [-0.15, -0.1) is 10.2 Å². The molecule has 0 spiro atoms. The number of fused-ring (bicyclic) bond motifs is 3. The van der Waals surface area contributed by atoms with Crippen LogP contribution in [0, 0.1) is 0 Å². The highest BCUT2D eigenvalue weighted by Crippen LogP contribution is 2.23. The van der Waals surface area contributed by atoms with E-state index in [0.29, 0.717) is 16.3 Å². The third-order valence-electron chi connectivity index (χ3n) is 3.52. The number of H-pyrrole nitrogens is 1. The number of nitrogens with one attached hydrogen (secondary N) is 1. The molecule has 1 amide bonds. The predicted molar refractivity (Wildman–Crippen MR) is 90.7 cm³/mol. The molecule has 8 nitrogen and oxygen atoms in total. The lowest BCUT2D eigenvalue weighted by Crippen LogP contribution is -2.37. The molecule has 3 N–H and O–H groups in total. The molecule has 0 saturated heterocycles. The van der Waals surface area contributed by atoms with Crippen LogP contribution in [0.25, 0.3) is 22.1 Å². The van der Waals surface area contributed by atoms with Crippen LogP contribution < -0.4 is 0 Å². The number of rotatable bonds is 7. The summed E-state index contributed by atoms with van der Waals surface area (Å²) in [5.41, 5.74) is 2.26. The number of hydrogen-bond donors (Lipinski definition) is 3. The van der Waals surface area contributed by atoms with Gasteiger partial charge in [-0.1, -0.05) is 30.0 Å². The van der Waals surface area contributed by atoms with Crippen molar-refractivity contribution in [2.75, 3.05) is 32.1 Å². The number of para-hydroxylation sites is 1. The van der Waals surface area contributed by atoms with Gasteiger partial charge in [-0.3, -0.25) is 4.79 Å². The topological polar surface area (TPSA) is 115 Å². The van der Waals surface area contributed by atoms with Crippen molar-refractivity contribution in [1.29, 1.82) is 0 Å². The van der Waals surface area contributed by atoms with E-state index >= 15 is 0 Å². The molecular weight excluding hydrogens is 330 g/mol. The minimum Gasteiger partial charge on any atom is -0.395 e. The molecule has 2 heterocycles. The van der Waals surface area contributed by atoms with Crippen LogP contribution in [0.1, 0.15) is 0 Å². The number of carbonyl (C=O) groups excluding carboxylic acids is 1. The molecule has 0 aliphatic rings. The quantitative estimate of drug-likeness (QED) is 0.530. The fraction of sp³-hybridized carbons (Fsp3) is 0.333. The number of aliphatic hydroxyl groups is 2. The van der Waals surface area contributed by atoms with Gasteiger partial charge in [-0.05, 0) is 6.07 Å². The minimum atomic E-state index is -0.191. The Balaban J connectivity index is 1.73. The highest BCUT2D eigenvalue weighted by molar-refractivity contribution is 7.99. The minimum absolute atomic E-state index is 0.118. The van der Waals surface area contributed by atoms with Crippen LogP contribution in [0.4, 0.5) is 0 Å². The molecule has 0 aliphatic carbocycles. The number of aromatic nitrogens is 4. The standard InChI is InChI=1S/C15H17N5O3S/c21-7-5-20(6-8-22)12(23)9-24-15-17-14-13(18-19-15)10-3-1-2-4-11(10)16-14/h1-4,21-22H,5-9H2,(H,16,17,19). The number of carbonyl (C=O) groups is 1. The smallest absolute Gasteiger partial charge is 0.233 e. The van der Waals surface area contributed by atoms with E-state index in [-0.39, 0.29) is 38.0 Å². The Bertz CT molecular complexity index is 847. The summed E-state index contributed by atoms with van der Waals surface area (Å²) >= 11 is 1.17. The molecule has 9 heteroatoms. The van der Waals surface area contributed by atoms with Gasteiger partial charge in [0, 0.05) is 24.0 Å². The first-order valence-corrected chi connectivity index (χ1v) is 8.45. The maximum atomic E-state index is 12.1. The lowest BCUT2D eigenvalue weighted by Gasteiger charge is -2.19. The average Bonchev–Trinajstić information content (AvgIpc) is 2.97. The first kappa shape index (κ1) is 16.6. The number of hydrogen-bond acceptors (Lipinski definition) is 7. The number of aliphatic hydroxyl groups excluding tert-OH is 2. The van der Waals surface area contributed by atoms with Crippen molar-refractivity contribution in [1.82, 2.24) is 25.1 Å². The van der Waals surface area contributed by atoms with Gasteiger partial charge in [0.1, 0.15) is 5.52 Å². The zero-order valence-electron chi connectivity index (χ0n) is 12.8. The zero-order valence-corrected chi connectivity index (χ0v) is 13.7. The summed E-state index contributed by atoms with van der Waals surface area (Å²) < 4.78 is 0. The van der Waals surface area contributed by atoms with E-state index in [9.17, 15) is 4.79 Å². The highest BCUT2D eigenvalue weighted by Gasteiger charge is 2.15. The Morgan fingerprint density at radius 2 is 1.92 bits per heavy atom. The van der Waals surface area contributed by atoms with Crippen LogP contribution >= 0.6 is 11.8 Å². The maximum absolute atomic E-state index is 12.1. The van der Waals surface area contributed by atoms with E-state index in [1.54, 1.807) is 0 Å². The Morgan fingerprint density at radius 3 is 2.67 bits per heavy atom. The summed E-state index contributed by atoms with van der Waals surface area (Å²) in [4.78, 5) is 21.1. The van der Waals surface area contributed by atoms with Crippen molar-refractivity contribution < 1.29 is 15.0 Å². The first-order chi connectivity index (χ1) is 11.7. The number of nitrogens with zero attached hydrogens (tertiary/aromatic N) is 4. The second kappa shape index (κ2) is 7.56. The van der Waals surface area contributed by atoms with Gasteiger partial charge in [0.25, 0.3) is 0 Å². The summed E-state index contributed by atoms with van der Waals surface area (Å²) in [6.07, 6.45) is 0. The number of thioether (sulfide) groups is 1. The summed E-state index contributed by atoms with van der Waals surface area (Å²) in [7, 11) is 0. The van der Waals surface area contributed by atoms with Crippen molar-refractivity contribution >= 4 is 39.7 Å². The number of amides is 1. The Kier molecular flexibility index (Phi) is 5.24. The van der Waals surface area contributed by atoms with E-state index < -0.39 is 0 Å². The van der Waals surface area contributed by atoms with Crippen molar-refractivity contribution in [3.63, 3.8) is 0 Å². The predicted octanol–water partition coefficient (Wildman–Crippen LogP) is 0.411. The lowest BCUT2D eigenvalue weighted by molar-refractivity contribution is -0.129. The second-order valence-corrected chi connectivity index (χ2v) is 6.02. The Labute approximate surface area is 141 Å². The van der Waals surface area contributed by atoms with Crippen molar-refractivity contribution in [3.05, 3.63) is 24.3 Å². The molecule has 0 unspecified atom stereocenters. The van der Waals surface area contributed by atoms with Gasteiger partial charge in [0.05, 0.1) is 19.0 Å². The van der Waals surface area contributed by atoms with Crippen LogP contribution in [0.15, 0.2) is 29.4 Å². The Morgan fingerprint density at radius 1 is 1.17 bits per heavy atom. The van der Waals surface area contributed by atoms with Crippen LogP contribution in [0.2, 0.25) is 0 Å². The molecule has 126 valence electrons. The summed E-state index contributed by atoms with van der Waals surface area (Å²) in [6, 6.07) is 7.74. The van der Waals surface area contributed by atoms with Crippen molar-refractivity contribution in [3.8, 4) is 0 Å². The van der Waals surface area contributed by atoms with E-state index in [0.717, 1.165) is 10.9 Å². The molecule has 0 fully saturated rings. The lowest BCUT2D eigenvalue weighted by atomic mass is 10.2. The second-order valence-electron chi connectivity index (χ2n) is 5.08. The first-order valence-electron chi connectivity index (χ1n) is 7.46. The van der Waals surface area contributed by atoms with Crippen LogP contribution in [0.3, 0.4) is 0 Å². The molecule has 0 atom stereocenters. The third kappa shape index (κ3) is 3.48. The van der Waals surface area contributed by atoms with E-state index in [1.165, 1.54) is 16.7 Å². The van der Waals surface area contributed by atoms with Crippen molar-refractivity contribution in [2.45, 2.75) is 5.16 Å². The summed E-state index contributed by atoms with van der Waals surface area (Å²) in [5, 5.41) is 27.5. The van der Waals surface area contributed by atoms with Crippen molar-refractivity contribution in [2.24, 2.45) is 0 Å². The molecule has 0 aliphatic heterocycles. The van der Waals surface area contributed by atoms with Crippen LogP contribution in [-0.2, 0) is 4.79 Å². The third-order valence-corrected chi connectivity index (χ3v) is 4.34. The zero-order chi connectivity index (χ0) is 16.9. The van der Waals surface area contributed by atoms with E-state index in [1.807, 2.05) is 24.3 Å². The van der Waals surface area contributed by atoms with E-state index in [4.69, 9.17) is 10.2 Å². The number of benzene rings is 1. The van der Waals surface area contributed by atoms with Gasteiger partial charge in [0.2, 0.25) is 11.1 Å². The SMILES string of the molecule is O=C(CSc1nnc2c(n1)[nH]c1ccccc12)N(CCO)CCO. The molecule has 1 aromatic carbocycles. The van der Waals surface area contributed by atoms with Crippen LogP contribution in [-0.4, -0.2) is 73.2 Å². The fourth-order valence-electron chi connectivity index (χ4n) is 2.39. The Hall–Kier alpha value is -2.23. The largest absolute Gasteiger partial charge is 0.395 e. The molecule has 3 rings (SSSR count). The average molecular weight is 347 g/mol. The molecule has 3 aromatic rings. The van der Waals surface area contributed by atoms with Gasteiger partial charge in [-0.2, -0.15) is 0 Å². The molecule has 2 aromatic heterocycles. The monoisotopic (exact) mass is 347 g/mol. The highest BCUT2D eigenvalue weighted by atomic mass is 32.2. The maximum Gasteiger partial charge on any atom is 0.233 e. The summed E-state index contributed by atoms with van der Waals surface area (Å²) in [6.45, 7) is 0.102. The van der Waals surface area contributed by atoms with Gasteiger partial charge >= 0.3 is 0 Å². The normalized spacial score (nSPS) is 11.2. The molecule has 0 radical (unpaired) electrons. The van der Waals surface area contributed by atoms with Gasteiger partial charge in [0.15, 0.2) is 5.65 Å².